The second-order valence-electron chi connectivity index (χ2n) is 5.94. The van der Waals surface area contributed by atoms with Crippen molar-refractivity contribution < 1.29 is 19.1 Å². The van der Waals surface area contributed by atoms with Crippen molar-refractivity contribution in [1.82, 2.24) is 10.4 Å². The lowest BCUT2D eigenvalue weighted by molar-refractivity contribution is -0.123. The van der Waals surface area contributed by atoms with Gasteiger partial charge < -0.3 is 9.47 Å². The molecule has 0 radical (unpaired) electrons. The first kappa shape index (κ1) is 17.6. The SMILES string of the molecule is Cc1ccc(C(=O)NN2C(=O)C(=Cc3ccc4c(c3)OCO4)SC2=S)cc1. The monoisotopic (exact) mass is 398 g/mol. The van der Waals surface area contributed by atoms with Crippen molar-refractivity contribution in [3.05, 3.63) is 64.1 Å². The van der Waals surface area contributed by atoms with Gasteiger partial charge in [0.05, 0.1) is 4.91 Å². The molecule has 1 N–H and O–H groups in total. The van der Waals surface area contributed by atoms with Gasteiger partial charge in [0.1, 0.15) is 0 Å². The average Bonchev–Trinajstić information content (AvgIpc) is 3.22. The third kappa shape index (κ3) is 3.54. The van der Waals surface area contributed by atoms with E-state index in [1.165, 1.54) is 0 Å². The fraction of sp³-hybridized carbons (Fsp3) is 0.105. The normalized spacial score (nSPS) is 16.9. The second kappa shape index (κ2) is 7.05. The zero-order chi connectivity index (χ0) is 19.0. The van der Waals surface area contributed by atoms with E-state index < -0.39 is 5.91 Å². The maximum Gasteiger partial charge on any atom is 0.285 e. The number of aryl methyl sites for hydroxylation is 1. The molecule has 8 heteroatoms. The van der Waals surface area contributed by atoms with Gasteiger partial charge in [-0.15, -0.1) is 0 Å². The van der Waals surface area contributed by atoms with E-state index >= 15 is 0 Å². The van der Waals surface area contributed by atoms with Crippen LogP contribution in [0.2, 0.25) is 0 Å². The van der Waals surface area contributed by atoms with E-state index in [0.29, 0.717) is 22.0 Å². The minimum Gasteiger partial charge on any atom is -0.454 e. The Hall–Kier alpha value is -2.84. The predicted molar refractivity (Wildman–Crippen MR) is 106 cm³/mol. The van der Waals surface area contributed by atoms with Gasteiger partial charge >= 0.3 is 0 Å². The summed E-state index contributed by atoms with van der Waals surface area (Å²) >= 11 is 6.38. The number of nitrogens with zero attached hydrogens (tertiary/aromatic N) is 1. The van der Waals surface area contributed by atoms with Gasteiger partial charge in [-0.3, -0.25) is 15.0 Å². The number of benzene rings is 2. The van der Waals surface area contributed by atoms with Crippen molar-refractivity contribution in [2.45, 2.75) is 6.92 Å². The molecule has 2 aliphatic heterocycles. The zero-order valence-electron chi connectivity index (χ0n) is 14.2. The number of hydrogen-bond donors (Lipinski definition) is 1. The summed E-state index contributed by atoms with van der Waals surface area (Å²) < 4.78 is 10.9. The van der Waals surface area contributed by atoms with Crippen LogP contribution in [0.25, 0.3) is 6.08 Å². The molecule has 0 aromatic heterocycles. The maximum atomic E-state index is 12.7. The number of fused-ring (bicyclic) bond motifs is 1. The molecule has 2 amide bonds. The van der Waals surface area contributed by atoms with E-state index in [1.807, 2.05) is 25.1 Å². The molecule has 2 heterocycles. The van der Waals surface area contributed by atoms with Crippen molar-refractivity contribution in [3.8, 4) is 11.5 Å². The Labute approximate surface area is 165 Å². The molecule has 0 atom stereocenters. The van der Waals surface area contributed by atoms with Gasteiger partial charge in [-0.05, 0) is 55.0 Å². The van der Waals surface area contributed by atoms with Crippen LogP contribution < -0.4 is 14.9 Å². The number of hydrazine groups is 1. The van der Waals surface area contributed by atoms with Gasteiger partial charge in [-0.2, -0.15) is 5.01 Å². The number of carbonyl (C=O) groups excluding carboxylic acids is 2. The number of amides is 2. The van der Waals surface area contributed by atoms with E-state index in [4.69, 9.17) is 21.7 Å². The van der Waals surface area contributed by atoms with Crippen LogP contribution in [-0.2, 0) is 4.79 Å². The fourth-order valence-corrected chi connectivity index (χ4v) is 3.77. The third-order valence-corrected chi connectivity index (χ3v) is 5.32. The number of thiocarbonyl (C=S) groups is 1. The number of ether oxygens (including phenoxy) is 2. The topological polar surface area (TPSA) is 67.9 Å². The van der Waals surface area contributed by atoms with Crippen LogP contribution in [0.5, 0.6) is 11.5 Å². The predicted octanol–water partition coefficient (Wildman–Crippen LogP) is 3.27. The lowest BCUT2D eigenvalue weighted by Gasteiger charge is -2.15. The van der Waals surface area contributed by atoms with Crippen molar-refractivity contribution in [2.24, 2.45) is 0 Å². The highest BCUT2D eigenvalue weighted by atomic mass is 32.2. The van der Waals surface area contributed by atoms with E-state index in [9.17, 15) is 9.59 Å². The van der Waals surface area contributed by atoms with Crippen molar-refractivity contribution in [3.63, 3.8) is 0 Å². The first-order valence-corrected chi connectivity index (χ1v) is 9.29. The number of nitrogens with one attached hydrogen (secondary N) is 1. The molecule has 0 unspecified atom stereocenters. The first-order chi connectivity index (χ1) is 13.0. The Bertz CT molecular complexity index is 986. The molecule has 2 aromatic rings. The second-order valence-corrected chi connectivity index (χ2v) is 7.61. The Kier molecular flexibility index (Phi) is 4.59. The summed E-state index contributed by atoms with van der Waals surface area (Å²) in [5.41, 5.74) is 4.85. The van der Waals surface area contributed by atoms with Crippen LogP contribution in [0, 0.1) is 6.92 Å². The van der Waals surface area contributed by atoms with Gasteiger partial charge in [0.25, 0.3) is 11.8 Å². The quantitative estimate of drug-likeness (QED) is 0.632. The highest BCUT2D eigenvalue weighted by Crippen LogP contribution is 2.35. The maximum absolute atomic E-state index is 12.7. The van der Waals surface area contributed by atoms with Crippen LogP contribution in [0.4, 0.5) is 0 Å². The Morgan fingerprint density at radius 1 is 1.19 bits per heavy atom. The number of thioether (sulfide) groups is 1. The van der Waals surface area contributed by atoms with Crippen molar-refractivity contribution >= 4 is 46.2 Å². The Morgan fingerprint density at radius 2 is 1.93 bits per heavy atom. The Morgan fingerprint density at radius 3 is 2.70 bits per heavy atom. The molecule has 2 aromatic carbocycles. The minimum atomic E-state index is -0.393. The standard InChI is InChI=1S/C19H14N2O4S2/c1-11-2-5-13(6-3-11)17(22)20-21-18(23)16(27-19(21)26)9-12-4-7-14-15(8-12)25-10-24-14/h2-9H,10H2,1H3,(H,20,22). The highest BCUT2D eigenvalue weighted by Gasteiger charge is 2.33. The molecule has 0 bridgehead atoms. The lowest BCUT2D eigenvalue weighted by atomic mass is 10.1. The van der Waals surface area contributed by atoms with Gasteiger partial charge in [0.15, 0.2) is 15.8 Å². The largest absolute Gasteiger partial charge is 0.454 e. The molecule has 2 aliphatic rings. The van der Waals surface area contributed by atoms with Crippen molar-refractivity contribution in [1.29, 1.82) is 0 Å². The van der Waals surface area contributed by atoms with Gasteiger partial charge in [0.2, 0.25) is 6.79 Å². The number of carbonyl (C=O) groups is 2. The van der Waals surface area contributed by atoms with E-state index in [2.05, 4.69) is 5.43 Å². The average molecular weight is 398 g/mol. The molecule has 136 valence electrons. The molecule has 0 aliphatic carbocycles. The molecule has 27 heavy (non-hydrogen) atoms. The van der Waals surface area contributed by atoms with E-state index in [-0.39, 0.29) is 17.0 Å². The summed E-state index contributed by atoms with van der Waals surface area (Å²) in [6, 6.07) is 12.5. The zero-order valence-corrected chi connectivity index (χ0v) is 15.9. The highest BCUT2D eigenvalue weighted by molar-refractivity contribution is 8.26. The summed E-state index contributed by atoms with van der Waals surface area (Å²) in [7, 11) is 0. The van der Waals surface area contributed by atoms with Crippen molar-refractivity contribution in [2.75, 3.05) is 6.79 Å². The summed E-state index contributed by atoms with van der Waals surface area (Å²) in [5.74, 6) is 0.538. The lowest BCUT2D eigenvalue weighted by Crippen LogP contribution is -2.44. The van der Waals surface area contributed by atoms with Gasteiger partial charge in [-0.1, -0.05) is 35.5 Å². The van der Waals surface area contributed by atoms with Gasteiger partial charge in [-0.25, -0.2) is 0 Å². The minimum absolute atomic E-state index is 0.186. The molecule has 4 rings (SSSR count). The molecule has 0 saturated carbocycles. The van der Waals surface area contributed by atoms with E-state index in [0.717, 1.165) is 27.9 Å². The summed E-state index contributed by atoms with van der Waals surface area (Å²) in [5, 5.41) is 1.10. The van der Waals surface area contributed by atoms with Crippen LogP contribution in [0.3, 0.4) is 0 Å². The molecular weight excluding hydrogens is 384 g/mol. The van der Waals surface area contributed by atoms with Crippen LogP contribution in [0.1, 0.15) is 21.5 Å². The fourth-order valence-electron chi connectivity index (χ4n) is 2.59. The summed E-state index contributed by atoms with van der Waals surface area (Å²) in [4.78, 5) is 25.4. The molecule has 1 fully saturated rings. The number of rotatable bonds is 3. The summed E-state index contributed by atoms with van der Waals surface area (Å²) in [6.07, 6.45) is 1.71. The van der Waals surface area contributed by atoms with Crippen LogP contribution >= 0.6 is 24.0 Å². The number of hydrogen-bond acceptors (Lipinski definition) is 6. The smallest absolute Gasteiger partial charge is 0.285 e. The first-order valence-electron chi connectivity index (χ1n) is 8.06. The van der Waals surface area contributed by atoms with Crippen LogP contribution in [0.15, 0.2) is 47.4 Å². The van der Waals surface area contributed by atoms with E-state index in [1.54, 1.807) is 30.3 Å². The molecule has 0 spiro atoms. The van der Waals surface area contributed by atoms with Gasteiger partial charge in [0, 0.05) is 5.56 Å². The molecular formula is C19H14N2O4S2. The third-order valence-electron chi connectivity index (χ3n) is 4.02. The van der Waals surface area contributed by atoms with Crippen LogP contribution in [-0.4, -0.2) is 27.9 Å². The Balaban J connectivity index is 1.51. The summed E-state index contributed by atoms with van der Waals surface area (Å²) in [6.45, 7) is 2.12. The molecule has 6 nitrogen and oxygen atoms in total. The molecule has 1 saturated heterocycles.